The number of pyridine rings is 2. The first-order valence-corrected chi connectivity index (χ1v) is 17.8. The van der Waals surface area contributed by atoms with E-state index in [1.807, 2.05) is 24.4 Å². The van der Waals surface area contributed by atoms with Crippen LogP contribution in [0.25, 0.3) is 33.5 Å². The van der Waals surface area contributed by atoms with Gasteiger partial charge >= 0.3 is 0 Å². The Labute approximate surface area is 323 Å². The monoisotopic (exact) mass is 865 g/mol. The number of benzene rings is 4. The van der Waals surface area contributed by atoms with E-state index in [9.17, 15) is 0 Å². The molecule has 0 bridgehead atoms. The third-order valence-corrected chi connectivity index (χ3v) is 9.71. The molecular formula is C47H48IrN2O2-2. The van der Waals surface area contributed by atoms with Crippen LogP contribution in [0.15, 0.2) is 109 Å². The number of rotatable bonds is 6. The van der Waals surface area contributed by atoms with Crippen LogP contribution in [0, 0.1) is 32.9 Å². The minimum Gasteiger partial charge on any atom is -0.393 e. The van der Waals surface area contributed by atoms with Gasteiger partial charge in [-0.1, -0.05) is 74.4 Å². The van der Waals surface area contributed by atoms with Crippen molar-refractivity contribution in [3.8, 4) is 33.5 Å². The number of aryl methyl sites for hydroxylation is 3. The predicted octanol–water partition coefficient (Wildman–Crippen LogP) is 10.1. The van der Waals surface area contributed by atoms with E-state index in [-0.39, 0.29) is 37.7 Å². The summed E-state index contributed by atoms with van der Waals surface area (Å²) in [5.74, 6) is 0. The number of nitrogens with zero attached hydrogens (tertiary/aromatic N) is 2. The van der Waals surface area contributed by atoms with Gasteiger partial charge in [0, 0.05) is 32.0 Å². The van der Waals surface area contributed by atoms with Crippen molar-refractivity contribution in [2.24, 2.45) is 0 Å². The fourth-order valence-electron chi connectivity index (χ4n) is 7.60. The predicted molar refractivity (Wildman–Crippen MR) is 209 cm³/mol. The van der Waals surface area contributed by atoms with Gasteiger partial charge < -0.3 is 10.2 Å². The maximum Gasteiger partial charge on any atom is 0.0814 e. The zero-order valence-electron chi connectivity index (χ0n) is 31.4. The summed E-state index contributed by atoms with van der Waals surface area (Å²) >= 11 is 0. The fraction of sp³-hybridized carbons (Fsp3) is 0.277. The molecule has 2 unspecified atom stereocenters. The molecule has 0 saturated carbocycles. The molecule has 0 amide bonds. The zero-order chi connectivity index (χ0) is 36.5. The number of hydrogen-bond donors (Lipinski definition) is 2. The quantitative estimate of drug-likeness (QED) is 0.164. The van der Waals surface area contributed by atoms with Gasteiger partial charge in [0.05, 0.1) is 23.3 Å². The molecular weight excluding hydrogens is 817 g/mol. The van der Waals surface area contributed by atoms with Gasteiger partial charge in [-0.25, -0.2) is 0 Å². The molecule has 1 aliphatic rings. The summed E-state index contributed by atoms with van der Waals surface area (Å²) in [5.41, 5.74) is 15.0. The first-order chi connectivity index (χ1) is 24.3. The number of fused-ring (bicyclic) bond motifs is 3. The van der Waals surface area contributed by atoms with Crippen molar-refractivity contribution in [3.05, 3.63) is 166 Å². The molecule has 0 saturated heterocycles. The molecule has 1 aliphatic carbocycles. The van der Waals surface area contributed by atoms with Crippen LogP contribution in [0.1, 0.15) is 85.8 Å². The Morgan fingerprint density at radius 2 is 1.38 bits per heavy atom. The topological polar surface area (TPSA) is 66.2 Å². The second kappa shape index (κ2) is 15.8. The maximum absolute atomic E-state index is 8.56. The Hall–Kier alpha value is -4.25. The molecule has 7 rings (SSSR count). The summed E-state index contributed by atoms with van der Waals surface area (Å²) in [5, 5.41) is 17.1. The van der Waals surface area contributed by atoms with E-state index in [1.165, 1.54) is 44.5 Å². The van der Waals surface area contributed by atoms with Gasteiger partial charge in [-0.2, -0.15) is 24.3 Å². The Bertz CT molecular complexity index is 2090. The molecule has 5 heteroatoms. The molecule has 2 N–H and O–H groups in total. The molecule has 3 atom stereocenters. The minimum absolute atomic E-state index is 0. The van der Waals surface area contributed by atoms with Crippen molar-refractivity contribution in [1.82, 2.24) is 9.97 Å². The summed E-state index contributed by atoms with van der Waals surface area (Å²) in [6.45, 7) is 16.7. The number of aliphatic hydroxyl groups excluding tert-OH is 2. The maximum atomic E-state index is 8.56. The number of aromatic nitrogens is 2. The summed E-state index contributed by atoms with van der Waals surface area (Å²) in [7, 11) is 0. The Kier molecular flexibility index (Phi) is 11.8. The van der Waals surface area contributed by atoms with Gasteiger partial charge in [-0.15, -0.1) is 47.0 Å². The van der Waals surface area contributed by atoms with E-state index in [0.29, 0.717) is 6.42 Å². The van der Waals surface area contributed by atoms with Crippen molar-refractivity contribution >= 4 is 0 Å². The molecule has 0 aliphatic heterocycles. The minimum atomic E-state index is -0.763. The van der Waals surface area contributed by atoms with E-state index >= 15 is 0 Å². The summed E-state index contributed by atoms with van der Waals surface area (Å²) in [6, 6.07) is 43.8. The number of hydrogen-bond acceptors (Lipinski definition) is 4. The molecule has 4 nitrogen and oxygen atoms in total. The Morgan fingerprint density at radius 3 is 2.02 bits per heavy atom. The van der Waals surface area contributed by atoms with E-state index < -0.39 is 5.41 Å². The van der Waals surface area contributed by atoms with Crippen LogP contribution in [-0.4, -0.2) is 32.4 Å². The van der Waals surface area contributed by atoms with E-state index in [0.717, 1.165) is 33.8 Å². The third-order valence-electron chi connectivity index (χ3n) is 9.71. The van der Waals surface area contributed by atoms with Crippen LogP contribution in [0.5, 0.6) is 0 Å². The van der Waals surface area contributed by atoms with E-state index in [2.05, 4.69) is 139 Å². The molecule has 0 spiro atoms. The van der Waals surface area contributed by atoms with Gasteiger partial charge in [0.1, 0.15) is 0 Å². The molecule has 2 heterocycles. The van der Waals surface area contributed by atoms with Crippen molar-refractivity contribution in [3.63, 3.8) is 0 Å². The largest absolute Gasteiger partial charge is 0.393 e. The molecule has 0 fully saturated rings. The summed E-state index contributed by atoms with van der Waals surface area (Å²) in [4.78, 5) is 10.7. The first kappa shape index (κ1) is 39.0. The SMILES string of the molecule is CC(O)CC(C)O.Cc1cc(C)c(-c2cc(-c3[c-]cccc3)nc([C@]3(c4cc(C(C)(C)C)ccn4)c4[c-]cccc4-c4ccccc43)c2)c(C)c1.[Ir]. The van der Waals surface area contributed by atoms with Gasteiger partial charge in [-0.05, 0) is 104 Å². The average Bonchev–Trinajstić information content (AvgIpc) is 3.39. The van der Waals surface area contributed by atoms with Gasteiger partial charge in [0.2, 0.25) is 0 Å². The van der Waals surface area contributed by atoms with Crippen LogP contribution in [-0.2, 0) is 30.9 Å². The van der Waals surface area contributed by atoms with Crippen LogP contribution in [0.4, 0.5) is 0 Å². The van der Waals surface area contributed by atoms with Crippen LogP contribution in [0.2, 0.25) is 0 Å². The van der Waals surface area contributed by atoms with Crippen LogP contribution < -0.4 is 0 Å². The van der Waals surface area contributed by atoms with Gasteiger partial charge in [-0.3, -0.25) is 9.97 Å². The fourth-order valence-corrected chi connectivity index (χ4v) is 7.60. The number of aliphatic hydroxyl groups is 2. The van der Waals surface area contributed by atoms with Crippen molar-refractivity contribution in [1.29, 1.82) is 0 Å². The zero-order valence-corrected chi connectivity index (χ0v) is 33.8. The van der Waals surface area contributed by atoms with Crippen molar-refractivity contribution in [2.45, 2.75) is 84.8 Å². The molecule has 6 aromatic rings. The molecule has 4 aromatic carbocycles. The molecule has 2 aromatic heterocycles. The summed E-state index contributed by atoms with van der Waals surface area (Å²) < 4.78 is 0. The standard InChI is InChI=1S/C42H36N2.C5H12O2.Ir/c1-27-22-28(2)40(29(3)23-27)31-24-37(30-14-8-7-9-15-30)44-39(25-31)42(38-26-32(20-21-43-38)41(4,5)6)35-18-12-10-16-33(35)34-17-11-13-19-36(34)42;1-4(6)3-5(2)7;/h7-14,16-18,20-26H,1-6H3;4-7H,3H2,1-2H3;/q-2;;/t42-;;/m0../s1. The Morgan fingerprint density at radius 1 is 0.731 bits per heavy atom. The second-order valence-corrected chi connectivity index (χ2v) is 15.0. The van der Waals surface area contributed by atoms with E-state index in [1.54, 1.807) is 13.8 Å². The normalized spacial score (nSPS) is 15.7. The third kappa shape index (κ3) is 7.61. The van der Waals surface area contributed by atoms with Crippen LogP contribution in [0.3, 0.4) is 0 Å². The second-order valence-electron chi connectivity index (χ2n) is 15.0. The summed E-state index contributed by atoms with van der Waals surface area (Å²) in [6.07, 6.45) is 1.69. The van der Waals surface area contributed by atoms with Gasteiger partial charge in [0.25, 0.3) is 0 Å². The van der Waals surface area contributed by atoms with Crippen molar-refractivity contribution < 1.29 is 30.3 Å². The van der Waals surface area contributed by atoms with Crippen molar-refractivity contribution in [2.75, 3.05) is 0 Å². The Balaban J connectivity index is 0.000000596. The van der Waals surface area contributed by atoms with E-state index in [4.69, 9.17) is 20.2 Å². The average molecular weight is 865 g/mol. The smallest absolute Gasteiger partial charge is 0.0814 e. The molecule has 52 heavy (non-hydrogen) atoms. The molecule has 269 valence electrons. The van der Waals surface area contributed by atoms with Crippen LogP contribution >= 0.6 is 0 Å². The first-order valence-electron chi connectivity index (χ1n) is 17.8. The molecule has 1 radical (unpaired) electrons. The van der Waals surface area contributed by atoms with Gasteiger partial charge in [0.15, 0.2) is 0 Å².